The van der Waals surface area contributed by atoms with Crippen molar-refractivity contribution in [1.82, 2.24) is 0 Å². The molecule has 4 N–H and O–H groups in total. The summed E-state index contributed by atoms with van der Waals surface area (Å²) in [4.78, 5) is 21.1. The summed E-state index contributed by atoms with van der Waals surface area (Å²) in [5, 5.41) is 35.0. The van der Waals surface area contributed by atoms with E-state index >= 15 is 0 Å². The van der Waals surface area contributed by atoms with Gasteiger partial charge in [0, 0.05) is 19.1 Å². The molecule has 0 saturated carbocycles. The molecule has 0 spiro atoms. The van der Waals surface area contributed by atoms with E-state index in [0.29, 0.717) is 0 Å². The number of aliphatic hydroxyl groups is 2. The lowest BCUT2D eigenvalue weighted by molar-refractivity contribution is -0.139. The molecule has 2 aromatic rings. The average Bonchev–Trinajstić information content (AvgIpc) is 2.68. The summed E-state index contributed by atoms with van der Waals surface area (Å²) in [5.41, 5.74) is 1.95. The van der Waals surface area contributed by atoms with Crippen molar-refractivity contribution in [2.45, 2.75) is 37.5 Å². The van der Waals surface area contributed by atoms with Crippen LogP contribution in [0.15, 0.2) is 60.7 Å². The topological polar surface area (TPSA) is 115 Å². The van der Waals surface area contributed by atoms with E-state index in [9.17, 15) is 9.59 Å². The number of hydrogen-bond donors (Lipinski definition) is 4. The number of benzene rings is 2. The van der Waals surface area contributed by atoms with Crippen molar-refractivity contribution in [2.24, 2.45) is 0 Å². The highest BCUT2D eigenvalue weighted by Crippen LogP contribution is 2.23. The van der Waals surface area contributed by atoms with E-state index in [-0.39, 0.29) is 32.0 Å². The fourth-order valence-corrected chi connectivity index (χ4v) is 2.97. The molecular weight excluding hydrogens is 360 g/mol. The van der Waals surface area contributed by atoms with E-state index < -0.39 is 17.9 Å². The average molecular weight is 388 g/mol. The molecule has 6 heteroatoms. The van der Waals surface area contributed by atoms with Gasteiger partial charge >= 0.3 is 11.9 Å². The summed E-state index contributed by atoms with van der Waals surface area (Å²) in [6.07, 6.45) is 1.14. The number of carboxylic acid groups (broad SMARTS) is 2. The van der Waals surface area contributed by atoms with E-state index in [1.807, 2.05) is 36.4 Å². The van der Waals surface area contributed by atoms with Crippen molar-refractivity contribution in [2.75, 3.05) is 13.2 Å². The number of hydrogen-bond acceptors (Lipinski definition) is 4. The van der Waals surface area contributed by atoms with Crippen LogP contribution >= 0.6 is 0 Å². The lowest BCUT2D eigenvalue weighted by Crippen LogP contribution is -2.11. The van der Waals surface area contributed by atoms with E-state index in [4.69, 9.17) is 20.4 Å². The first-order valence-electron chi connectivity index (χ1n) is 9.23. The minimum absolute atomic E-state index is 0.156. The standard InChI is InChI=1S/C11H12O4.C11H16O2/c12-10(13)6-9(7-11(14)15)8-4-2-1-3-5-8;12-8-6-11(7-9-13)10-4-2-1-3-5-10/h1-5,9H,6-7H2,(H,12,13)(H,14,15);1-5,11-13H,6-9H2. The van der Waals surface area contributed by atoms with Crippen LogP contribution < -0.4 is 0 Å². The van der Waals surface area contributed by atoms with E-state index in [0.717, 1.165) is 18.4 Å². The Bertz CT molecular complexity index is 665. The van der Waals surface area contributed by atoms with Gasteiger partial charge in [-0.3, -0.25) is 9.59 Å². The Morgan fingerprint density at radius 1 is 0.643 bits per heavy atom. The van der Waals surface area contributed by atoms with Gasteiger partial charge in [-0.05, 0) is 29.9 Å². The predicted molar refractivity (Wildman–Crippen MR) is 106 cm³/mol. The summed E-state index contributed by atoms with van der Waals surface area (Å²) < 4.78 is 0. The molecule has 0 bridgehead atoms. The van der Waals surface area contributed by atoms with Crippen LogP contribution in [0.2, 0.25) is 0 Å². The van der Waals surface area contributed by atoms with Crippen LogP contribution in [0.3, 0.4) is 0 Å². The lowest BCUT2D eigenvalue weighted by atomic mass is 9.93. The lowest BCUT2D eigenvalue weighted by Gasteiger charge is -2.14. The van der Waals surface area contributed by atoms with Crippen LogP contribution in [-0.4, -0.2) is 45.6 Å². The molecule has 0 aliphatic rings. The number of rotatable bonds is 10. The molecule has 28 heavy (non-hydrogen) atoms. The molecule has 2 rings (SSSR count). The van der Waals surface area contributed by atoms with Gasteiger partial charge in [-0.1, -0.05) is 60.7 Å². The predicted octanol–water partition coefficient (Wildman–Crippen LogP) is 3.25. The normalized spacial score (nSPS) is 10.4. The summed E-state index contributed by atoms with van der Waals surface area (Å²) in [6, 6.07) is 18.9. The third kappa shape index (κ3) is 9.30. The summed E-state index contributed by atoms with van der Waals surface area (Å²) >= 11 is 0. The molecular formula is C22H28O6. The van der Waals surface area contributed by atoms with Crippen molar-refractivity contribution in [3.05, 3.63) is 71.8 Å². The van der Waals surface area contributed by atoms with E-state index in [2.05, 4.69) is 0 Å². The van der Waals surface area contributed by atoms with E-state index in [1.165, 1.54) is 5.56 Å². The highest BCUT2D eigenvalue weighted by molar-refractivity contribution is 5.72. The Morgan fingerprint density at radius 3 is 1.32 bits per heavy atom. The first-order chi connectivity index (χ1) is 13.5. The number of carbonyl (C=O) groups is 2. The molecule has 152 valence electrons. The monoisotopic (exact) mass is 388 g/mol. The molecule has 0 atom stereocenters. The Morgan fingerprint density at radius 2 is 1.00 bits per heavy atom. The van der Waals surface area contributed by atoms with Crippen LogP contribution in [0, 0.1) is 0 Å². The third-order valence-electron chi connectivity index (χ3n) is 4.34. The maximum absolute atomic E-state index is 10.6. The number of aliphatic hydroxyl groups excluding tert-OH is 2. The quantitative estimate of drug-likeness (QED) is 0.497. The molecule has 0 saturated heterocycles. The van der Waals surface area contributed by atoms with Crippen LogP contribution in [0.1, 0.15) is 48.6 Å². The molecule has 0 aliphatic carbocycles. The minimum atomic E-state index is -0.981. The zero-order valence-electron chi connectivity index (χ0n) is 15.8. The third-order valence-corrected chi connectivity index (χ3v) is 4.34. The fraction of sp³-hybridized carbons (Fsp3) is 0.364. The van der Waals surface area contributed by atoms with Gasteiger partial charge in [0.1, 0.15) is 0 Å². The van der Waals surface area contributed by atoms with Crippen LogP contribution in [0.5, 0.6) is 0 Å². The van der Waals surface area contributed by atoms with Crippen LogP contribution in [0.25, 0.3) is 0 Å². The Balaban J connectivity index is 0.000000283. The first-order valence-corrected chi connectivity index (χ1v) is 9.23. The van der Waals surface area contributed by atoms with Crippen LogP contribution in [-0.2, 0) is 9.59 Å². The molecule has 0 heterocycles. The van der Waals surface area contributed by atoms with Gasteiger partial charge in [-0.25, -0.2) is 0 Å². The van der Waals surface area contributed by atoms with Gasteiger partial charge in [0.15, 0.2) is 0 Å². The van der Waals surface area contributed by atoms with Gasteiger partial charge in [-0.2, -0.15) is 0 Å². The van der Waals surface area contributed by atoms with Gasteiger partial charge in [-0.15, -0.1) is 0 Å². The number of carboxylic acids is 2. The second-order valence-corrected chi connectivity index (χ2v) is 6.44. The van der Waals surface area contributed by atoms with E-state index in [1.54, 1.807) is 24.3 Å². The van der Waals surface area contributed by atoms with Crippen LogP contribution in [0.4, 0.5) is 0 Å². The van der Waals surface area contributed by atoms with Gasteiger partial charge in [0.05, 0.1) is 12.8 Å². The van der Waals surface area contributed by atoms with Crippen molar-refractivity contribution in [3.8, 4) is 0 Å². The summed E-state index contributed by atoms with van der Waals surface area (Å²) in [6.45, 7) is 0.360. The second-order valence-electron chi connectivity index (χ2n) is 6.44. The van der Waals surface area contributed by atoms with Crippen molar-refractivity contribution in [3.63, 3.8) is 0 Å². The maximum Gasteiger partial charge on any atom is 0.303 e. The summed E-state index contributed by atoms with van der Waals surface area (Å²) in [5.74, 6) is -2.13. The Hall–Kier alpha value is -2.70. The van der Waals surface area contributed by atoms with Gasteiger partial charge in [0.25, 0.3) is 0 Å². The SMILES string of the molecule is O=C(O)CC(CC(=O)O)c1ccccc1.OCCC(CCO)c1ccccc1. The maximum atomic E-state index is 10.6. The summed E-state index contributed by atoms with van der Waals surface area (Å²) in [7, 11) is 0. The molecule has 0 aliphatic heterocycles. The van der Waals surface area contributed by atoms with Gasteiger partial charge < -0.3 is 20.4 Å². The molecule has 0 unspecified atom stereocenters. The van der Waals surface area contributed by atoms with Crippen molar-refractivity contribution < 1.29 is 30.0 Å². The highest BCUT2D eigenvalue weighted by Gasteiger charge is 2.18. The first kappa shape index (κ1) is 23.3. The van der Waals surface area contributed by atoms with Gasteiger partial charge in [0.2, 0.25) is 0 Å². The Kier molecular flexibility index (Phi) is 11.2. The zero-order valence-corrected chi connectivity index (χ0v) is 15.8. The largest absolute Gasteiger partial charge is 0.481 e. The van der Waals surface area contributed by atoms with Crippen molar-refractivity contribution in [1.29, 1.82) is 0 Å². The zero-order chi connectivity index (χ0) is 20.8. The molecule has 0 radical (unpaired) electrons. The minimum Gasteiger partial charge on any atom is -0.481 e. The second kappa shape index (κ2) is 13.5. The number of aliphatic carboxylic acids is 2. The Labute approximate surface area is 165 Å². The molecule has 0 fully saturated rings. The molecule has 6 nitrogen and oxygen atoms in total. The smallest absolute Gasteiger partial charge is 0.303 e. The fourth-order valence-electron chi connectivity index (χ4n) is 2.97. The van der Waals surface area contributed by atoms with Crippen molar-refractivity contribution >= 4 is 11.9 Å². The highest BCUT2D eigenvalue weighted by atomic mass is 16.4. The molecule has 2 aromatic carbocycles. The molecule has 0 aromatic heterocycles. The molecule has 0 amide bonds.